The van der Waals surface area contributed by atoms with Crippen molar-refractivity contribution in [1.82, 2.24) is 9.88 Å². The number of piperidine rings is 1. The number of pyridine rings is 1. The van der Waals surface area contributed by atoms with Crippen LogP contribution in [0.5, 0.6) is 0 Å². The molecule has 4 heteroatoms. The maximum Gasteiger partial charge on any atom is 0.219 e. The molecule has 21 heavy (non-hydrogen) atoms. The molecule has 0 bridgehead atoms. The predicted octanol–water partition coefficient (Wildman–Crippen LogP) is 3.06. The molecule has 2 aliphatic rings. The summed E-state index contributed by atoms with van der Waals surface area (Å²) in [5.74, 6) is 1.28. The van der Waals surface area contributed by atoms with Crippen LogP contribution in [-0.2, 0) is 4.79 Å². The van der Waals surface area contributed by atoms with E-state index in [9.17, 15) is 4.79 Å². The molecule has 1 amide bonds. The Labute approximate surface area is 127 Å². The average molecular weight is 287 g/mol. The predicted molar refractivity (Wildman–Crippen MR) is 84.4 cm³/mol. The first-order valence-corrected chi connectivity index (χ1v) is 8.16. The topological polar surface area (TPSA) is 36.4 Å². The first kappa shape index (κ1) is 14.4. The highest BCUT2D eigenvalue weighted by atomic mass is 16.2. The molecule has 0 aromatic carbocycles. The van der Waals surface area contributed by atoms with Crippen molar-refractivity contribution in [3.63, 3.8) is 0 Å². The first-order valence-electron chi connectivity index (χ1n) is 8.16. The van der Waals surface area contributed by atoms with Crippen LogP contribution < -0.4 is 4.90 Å². The summed E-state index contributed by atoms with van der Waals surface area (Å²) in [6.45, 7) is 6.87. The molecule has 0 aliphatic carbocycles. The van der Waals surface area contributed by atoms with Crippen molar-refractivity contribution in [2.45, 2.75) is 52.0 Å². The largest absolute Gasteiger partial charge is 0.357 e. The Morgan fingerprint density at radius 1 is 1.14 bits per heavy atom. The second-order valence-corrected chi connectivity index (χ2v) is 6.26. The summed E-state index contributed by atoms with van der Waals surface area (Å²) in [6.07, 6.45) is 6.03. The van der Waals surface area contributed by atoms with Crippen molar-refractivity contribution in [3.8, 4) is 0 Å². The SMILES string of the molecule is CC(=O)N1CCC[C@@H]1c1ccc(N2CCCCC2)nc1C. The zero-order valence-electron chi connectivity index (χ0n) is 13.1. The summed E-state index contributed by atoms with van der Waals surface area (Å²) in [5, 5.41) is 0. The second-order valence-electron chi connectivity index (χ2n) is 6.26. The Bertz CT molecular complexity index is 523. The summed E-state index contributed by atoms with van der Waals surface area (Å²) >= 11 is 0. The number of carbonyl (C=O) groups is 1. The first-order chi connectivity index (χ1) is 10.2. The van der Waals surface area contributed by atoms with Crippen LogP contribution in [0.1, 0.15) is 56.3 Å². The fraction of sp³-hybridized carbons (Fsp3) is 0.647. The van der Waals surface area contributed by atoms with Crippen molar-refractivity contribution in [1.29, 1.82) is 0 Å². The summed E-state index contributed by atoms with van der Waals surface area (Å²) in [7, 11) is 0. The van der Waals surface area contributed by atoms with E-state index in [2.05, 4.69) is 24.0 Å². The zero-order chi connectivity index (χ0) is 14.8. The minimum atomic E-state index is 0.178. The number of carbonyl (C=O) groups excluding carboxylic acids is 1. The van der Waals surface area contributed by atoms with Gasteiger partial charge in [-0.05, 0) is 50.7 Å². The maximum absolute atomic E-state index is 11.8. The van der Waals surface area contributed by atoms with E-state index in [4.69, 9.17) is 4.98 Å². The Kier molecular flexibility index (Phi) is 4.13. The third-order valence-electron chi connectivity index (χ3n) is 4.81. The Morgan fingerprint density at radius 2 is 1.90 bits per heavy atom. The number of hydrogen-bond acceptors (Lipinski definition) is 3. The molecule has 1 aromatic rings. The van der Waals surface area contributed by atoms with Gasteiger partial charge in [-0.3, -0.25) is 4.79 Å². The van der Waals surface area contributed by atoms with Crippen molar-refractivity contribution in [2.75, 3.05) is 24.5 Å². The van der Waals surface area contributed by atoms with Gasteiger partial charge in [0.05, 0.1) is 6.04 Å². The number of aryl methyl sites for hydroxylation is 1. The highest BCUT2D eigenvalue weighted by Gasteiger charge is 2.29. The zero-order valence-corrected chi connectivity index (χ0v) is 13.1. The summed E-state index contributed by atoms with van der Waals surface area (Å²) < 4.78 is 0. The van der Waals surface area contributed by atoms with E-state index < -0.39 is 0 Å². The molecule has 0 spiro atoms. The molecule has 0 unspecified atom stereocenters. The fourth-order valence-electron chi connectivity index (χ4n) is 3.68. The molecule has 4 nitrogen and oxygen atoms in total. The number of nitrogens with zero attached hydrogens (tertiary/aromatic N) is 3. The number of aromatic nitrogens is 1. The van der Waals surface area contributed by atoms with Crippen LogP contribution >= 0.6 is 0 Å². The third-order valence-corrected chi connectivity index (χ3v) is 4.81. The van der Waals surface area contributed by atoms with Crippen molar-refractivity contribution < 1.29 is 4.79 Å². The number of rotatable bonds is 2. The standard InChI is InChI=1S/C17H25N3O/c1-13-15(16-7-6-12-20(16)14(2)21)8-9-17(18-13)19-10-4-3-5-11-19/h8-9,16H,3-7,10-12H2,1-2H3/t16-/m1/s1. The van der Waals surface area contributed by atoms with Crippen LogP contribution in [-0.4, -0.2) is 35.4 Å². The quantitative estimate of drug-likeness (QED) is 0.839. The minimum Gasteiger partial charge on any atom is -0.357 e. The van der Waals surface area contributed by atoms with Crippen molar-refractivity contribution in [2.24, 2.45) is 0 Å². The van der Waals surface area contributed by atoms with E-state index in [0.717, 1.165) is 44.0 Å². The van der Waals surface area contributed by atoms with Crippen LogP contribution in [0.15, 0.2) is 12.1 Å². The highest BCUT2D eigenvalue weighted by Crippen LogP contribution is 2.34. The van der Waals surface area contributed by atoms with E-state index in [0.29, 0.717) is 0 Å². The van der Waals surface area contributed by atoms with Gasteiger partial charge in [0.25, 0.3) is 0 Å². The molecular formula is C17H25N3O. The lowest BCUT2D eigenvalue weighted by molar-refractivity contribution is -0.129. The molecule has 0 radical (unpaired) electrons. The van der Waals surface area contributed by atoms with E-state index in [1.807, 2.05) is 4.90 Å². The summed E-state index contributed by atoms with van der Waals surface area (Å²) in [5.41, 5.74) is 2.31. The van der Waals surface area contributed by atoms with E-state index in [1.54, 1.807) is 6.92 Å². The monoisotopic (exact) mass is 287 g/mol. The lowest BCUT2D eigenvalue weighted by Crippen LogP contribution is -2.31. The lowest BCUT2D eigenvalue weighted by Gasteiger charge is -2.29. The van der Waals surface area contributed by atoms with Gasteiger partial charge in [0.1, 0.15) is 5.82 Å². The van der Waals surface area contributed by atoms with E-state index in [1.165, 1.54) is 24.8 Å². The fourth-order valence-corrected chi connectivity index (χ4v) is 3.68. The summed E-state index contributed by atoms with van der Waals surface area (Å²) in [6, 6.07) is 4.56. The minimum absolute atomic E-state index is 0.178. The van der Waals surface area contributed by atoms with Gasteiger partial charge in [-0.2, -0.15) is 0 Å². The molecule has 1 aromatic heterocycles. The molecule has 3 heterocycles. The van der Waals surface area contributed by atoms with Gasteiger partial charge >= 0.3 is 0 Å². The van der Waals surface area contributed by atoms with Crippen LogP contribution in [0, 0.1) is 6.92 Å². The van der Waals surface area contributed by atoms with E-state index >= 15 is 0 Å². The van der Waals surface area contributed by atoms with Crippen LogP contribution in [0.3, 0.4) is 0 Å². The third kappa shape index (κ3) is 2.89. The molecule has 114 valence electrons. The average Bonchev–Trinajstić information content (AvgIpc) is 2.97. The molecule has 0 saturated carbocycles. The molecule has 2 saturated heterocycles. The van der Waals surface area contributed by atoms with Gasteiger partial charge in [0, 0.05) is 32.3 Å². The van der Waals surface area contributed by atoms with Gasteiger partial charge < -0.3 is 9.80 Å². The normalized spacial score (nSPS) is 22.7. The molecule has 0 N–H and O–H groups in total. The van der Waals surface area contributed by atoms with Crippen LogP contribution in [0.4, 0.5) is 5.82 Å². The lowest BCUT2D eigenvalue weighted by atomic mass is 10.0. The molecule has 2 aliphatic heterocycles. The Balaban J connectivity index is 1.82. The number of likely N-dealkylation sites (tertiary alicyclic amines) is 1. The Hall–Kier alpha value is -1.58. The van der Waals surface area contributed by atoms with Crippen molar-refractivity contribution >= 4 is 11.7 Å². The van der Waals surface area contributed by atoms with Crippen LogP contribution in [0.25, 0.3) is 0 Å². The number of hydrogen-bond donors (Lipinski definition) is 0. The van der Waals surface area contributed by atoms with Gasteiger partial charge in [0.15, 0.2) is 0 Å². The molecule has 3 rings (SSSR count). The molecule has 2 fully saturated rings. The van der Waals surface area contributed by atoms with Gasteiger partial charge in [-0.15, -0.1) is 0 Å². The smallest absolute Gasteiger partial charge is 0.219 e. The van der Waals surface area contributed by atoms with Gasteiger partial charge in [0.2, 0.25) is 5.91 Å². The Morgan fingerprint density at radius 3 is 2.57 bits per heavy atom. The van der Waals surface area contributed by atoms with Gasteiger partial charge in [-0.25, -0.2) is 4.98 Å². The molecule has 1 atom stereocenters. The van der Waals surface area contributed by atoms with E-state index in [-0.39, 0.29) is 11.9 Å². The van der Waals surface area contributed by atoms with Gasteiger partial charge in [-0.1, -0.05) is 6.07 Å². The molecular weight excluding hydrogens is 262 g/mol. The van der Waals surface area contributed by atoms with Crippen LogP contribution in [0.2, 0.25) is 0 Å². The maximum atomic E-state index is 11.8. The summed E-state index contributed by atoms with van der Waals surface area (Å²) in [4.78, 5) is 21.0. The second kappa shape index (κ2) is 6.04. The number of amides is 1. The highest BCUT2D eigenvalue weighted by molar-refractivity contribution is 5.74. The number of anilines is 1. The van der Waals surface area contributed by atoms with Crippen molar-refractivity contribution in [3.05, 3.63) is 23.4 Å².